The van der Waals surface area contributed by atoms with Gasteiger partial charge in [-0.15, -0.1) is 0 Å². The number of carboxylic acid groups (broad SMARTS) is 2. The van der Waals surface area contributed by atoms with Gasteiger partial charge in [0, 0.05) is 0 Å². The molecule has 0 spiro atoms. The van der Waals surface area contributed by atoms with E-state index < -0.39 is 11.9 Å². The molecule has 6 heteroatoms. The van der Waals surface area contributed by atoms with Gasteiger partial charge in [0.05, 0.1) is 17.5 Å². The normalized spacial score (nSPS) is 10.5. The van der Waals surface area contributed by atoms with Gasteiger partial charge in [0.15, 0.2) is 0 Å². The number of carbonyl (C=O) groups is 2. The Morgan fingerprint density at radius 3 is 2.69 bits per heavy atom. The number of aliphatic carboxylic acids is 1. The maximum Gasteiger partial charge on any atom is 0.371 e. The molecule has 0 amide bonds. The molecule has 0 aliphatic carbocycles. The van der Waals surface area contributed by atoms with Gasteiger partial charge in [0.25, 0.3) is 0 Å². The Morgan fingerprint density at radius 2 is 2.06 bits per heavy atom. The van der Waals surface area contributed by atoms with Gasteiger partial charge in [-0.05, 0) is 11.6 Å². The zero-order chi connectivity index (χ0) is 11.7. The second-order valence-corrected chi connectivity index (χ2v) is 3.27. The summed E-state index contributed by atoms with van der Waals surface area (Å²) in [5, 5.41) is 17.4. The van der Waals surface area contributed by atoms with Crippen LogP contribution in [0.3, 0.4) is 0 Å². The van der Waals surface area contributed by atoms with Crippen LogP contribution in [-0.2, 0) is 11.2 Å². The van der Waals surface area contributed by atoms with Crippen LogP contribution in [-0.4, -0.2) is 32.1 Å². The highest BCUT2D eigenvalue weighted by molar-refractivity contribution is 5.91. The predicted octanol–water partition coefficient (Wildman–Crippen LogP) is 0.888. The summed E-state index contributed by atoms with van der Waals surface area (Å²) in [7, 11) is 0. The van der Waals surface area contributed by atoms with Crippen LogP contribution in [0.25, 0.3) is 11.0 Å². The van der Waals surface area contributed by atoms with E-state index in [9.17, 15) is 9.59 Å². The highest BCUT2D eigenvalue weighted by Gasteiger charge is 2.13. The van der Waals surface area contributed by atoms with Gasteiger partial charge in [-0.2, -0.15) is 0 Å². The van der Waals surface area contributed by atoms with Crippen molar-refractivity contribution >= 4 is 23.0 Å². The molecule has 1 aromatic heterocycles. The van der Waals surface area contributed by atoms with Crippen molar-refractivity contribution in [3.05, 3.63) is 29.6 Å². The summed E-state index contributed by atoms with van der Waals surface area (Å²) < 4.78 is 0. The van der Waals surface area contributed by atoms with Crippen molar-refractivity contribution < 1.29 is 19.8 Å². The van der Waals surface area contributed by atoms with Crippen LogP contribution in [0.4, 0.5) is 0 Å². The van der Waals surface area contributed by atoms with E-state index in [2.05, 4.69) is 9.97 Å². The quantitative estimate of drug-likeness (QED) is 0.712. The van der Waals surface area contributed by atoms with Crippen LogP contribution in [0.15, 0.2) is 18.2 Å². The van der Waals surface area contributed by atoms with Crippen molar-refractivity contribution in [1.82, 2.24) is 9.97 Å². The number of hydrogen-bond acceptors (Lipinski definition) is 3. The number of rotatable bonds is 3. The summed E-state index contributed by atoms with van der Waals surface area (Å²) in [4.78, 5) is 27.7. The molecular formula is C10H8N2O4. The number of carboxylic acids is 2. The van der Waals surface area contributed by atoms with E-state index in [4.69, 9.17) is 10.2 Å². The fourth-order valence-corrected chi connectivity index (χ4v) is 1.50. The van der Waals surface area contributed by atoms with Crippen LogP contribution >= 0.6 is 0 Å². The molecule has 0 aliphatic heterocycles. The first-order valence-electron chi connectivity index (χ1n) is 4.50. The van der Waals surface area contributed by atoms with Crippen molar-refractivity contribution in [2.24, 2.45) is 0 Å². The minimum atomic E-state index is -1.17. The van der Waals surface area contributed by atoms with Gasteiger partial charge < -0.3 is 15.2 Å². The van der Waals surface area contributed by atoms with Gasteiger partial charge in [0.2, 0.25) is 5.82 Å². The number of hydrogen-bond donors (Lipinski definition) is 3. The van der Waals surface area contributed by atoms with E-state index >= 15 is 0 Å². The fraction of sp³-hybridized carbons (Fsp3) is 0.100. The van der Waals surface area contributed by atoms with Gasteiger partial charge in [-0.25, -0.2) is 9.78 Å². The standard InChI is InChI=1S/C10H8N2O4/c13-7(14)4-5-2-1-3-6-8(5)12-9(11-6)10(15)16/h1-3H,4H2,(H,11,12)(H,13,14)(H,15,16). The van der Waals surface area contributed by atoms with Crippen LogP contribution in [0, 0.1) is 0 Å². The molecule has 0 unspecified atom stereocenters. The summed E-state index contributed by atoms with van der Waals surface area (Å²) in [5.41, 5.74) is 1.41. The average molecular weight is 220 g/mol. The Morgan fingerprint density at radius 1 is 1.31 bits per heavy atom. The molecule has 0 saturated heterocycles. The van der Waals surface area contributed by atoms with Gasteiger partial charge in [0.1, 0.15) is 0 Å². The number of para-hydroxylation sites is 1. The molecule has 1 heterocycles. The maximum atomic E-state index is 10.7. The zero-order valence-electron chi connectivity index (χ0n) is 8.10. The third-order valence-electron chi connectivity index (χ3n) is 2.14. The fourth-order valence-electron chi connectivity index (χ4n) is 1.50. The number of nitrogens with zero attached hydrogens (tertiary/aromatic N) is 1. The highest BCUT2D eigenvalue weighted by Crippen LogP contribution is 2.17. The van der Waals surface area contributed by atoms with E-state index in [0.29, 0.717) is 16.6 Å². The second-order valence-electron chi connectivity index (χ2n) is 3.27. The summed E-state index contributed by atoms with van der Waals surface area (Å²) in [6, 6.07) is 4.92. The highest BCUT2D eigenvalue weighted by atomic mass is 16.4. The molecule has 0 atom stereocenters. The Hall–Kier alpha value is -2.37. The summed E-state index contributed by atoms with van der Waals surface area (Å²) in [6.07, 6.45) is -0.179. The molecule has 0 radical (unpaired) electrons. The largest absolute Gasteiger partial charge is 0.481 e. The van der Waals surface area contributed by atoms with E-state index in [1.807, 2.05) is 0 Å². The number of aromatic carboxylic acids is 1. The van der Waals surface area contributed by atoms with Crippen LogP contribution in [0.2, 0.25) is 0 Å². The lowest BCUT2D eigenvalue weighted by molar-refractivity contribution is -0.136. The molecule has 0 fully saturated rings. The lowest BCUT2D eigenvalue weighted by Crippen LogP contribution is -2.01. The summed E-state index contributed by atoms with van der Waals surface area (Å²) in [6.45, 7) is 0. The van der Waals surface area contributed by atoms with Crippen molar-refractivity contribution in [3.63, 3.8) is 0 Å². The molecule has 1 aromatic carbocycles. The van der Waals surface area contributed by atoms with E-state index in [1.54, 1.807) is 18.2 Å². The number of nitrogens with one attached hydrogen (secondary N) is 1. The molecule has 6 nitrogen and oxygen atoms in total. The smallest absolute Gasteiger partial charge is 0.371 e. The van der Waals surface area contributed by atoms with Gasteiger partial charge >= 0.3 is 11.9 Å². The first-order valence-corrected chi connectivity index (χ1v) is 4.50. The SMILES string of the molecule is O=C(O)Cc1cccc2[nH]c(C(=O)O)nc12. The Labute approximate surface area is 89.5 Å². The number of aromatic amines is 1. The topological polar surface area (TPSA) is 103 Å². The molecular weight excluding hydrogens is 212 g/mol. The van der Waals surface area contributed by atoms with Crippen molar-refractivity contribution in [1.29, 1.82) is 0 Å². The Kier molecular flexibility index (Phi) is 2.32. The maximum absolute atomic E-state index is 10.7. The summed E-state index contributed by atoms with van der Waals surface area (Å²) in [5.74, 6) is -2.34. The molecule has 16 heavy (non-hydrogen) atoms. The lowest BCUT2D eigenvalue weighted by atomic mass is 10.1. The van der Waals surface area contributed by atoms with Crippen molar-refractivity contribution in [2.75, 3.05) is 0 Å². The first-order chi connectivity index (χ1) is 7.58. The number of aromatic nitrogens is 2. The number of imidazole rings is 1. The molecule has 0 aliphatic rings. The van der Waals surface area contributed by atoms with Crippen molar-refractivity contribution in [3.8, 4) is 0 Å². The monoisotopic (exact) mass is 220 g/mol. The van der Waals surface area contributed by atoms with Crippen LogP contribution in [0.1, 0.15) is 16.2 Å². The predicted molar refractivity (Wildman–Crippen MR) is 54.4 cm³/mol. The first kappa shape index (κ1) is 10.2. The van der Waals surface area contributed by atoms with Crippen LogP contribution < -0.4 is 0 Å². The van der Waals surface area contributed by atoms with Gasteiger partial charge in [-0.1, -0.05) is 12.1 Å². The number of benzene rings is 1. The molecule has 2 rings (SSSR count). The molecule has 0 saturated carbocycles. The van der Waals surface area contributed by atoms with Crippen molar-refractivity contribution in [2.45, 2.75) is 6.42 Å². The molecule has 0 bridgehead atoms. The van der Waals surface area contributed by atoms with Gasteiger partial charge in [-0.3, -0.25) is 4.79 Å². The number of fused-ring (bicyclic) bond motifs is 1. The summed E-state index contributed by atoms with van der Waals surface area (Å²) >= 11 is 0. The Balaban J connectivity index is 2.58. The van der Waals surface area contributed by atoms with Crippen LogP contribution in [0.5, 0.6) is 0 Å². The third-order valence-corrected chi connectivity index (χ3v) is 2.14. The lowest BCUT2D eigenvalue weighted by Gasteiger charge is -1.96. The molecule has 82 valence electrons. The zero-order valence-corrected chi connectivity index (χ0v) is 8.10. The second kappa shape index (κ2) is 3.65. The third kappa shape index (κ3) is 1.72. The molecule has 2 aromatic rings. The minimum absolute atomic E-state index is 0.179. The minimum Gasteiger partial charge on any atom is -0.481 e. The van der Waals surface area contributed by atoms with E-state index in [1.165, 1.54) is 0 Å². The number of H-pyrrole nitrogens is 1. The van der Waals surface area contributed by atoms with E-state index in [-0.39, 0.29) is 12.2 Å². The Bertz CT molecular complexity index is 573. The van der Waals surface area contributed by atoms with E-state index in [0.717, 1.165) is 0 Å². The molecule has 3 N–H and O–H groups in total. The average Bonchev–Trinajstić information content (AvgIpc) is 2.61.